The molecule has 0 rings (SSSR count). The average Bonchev–Trinajstić information content (AvgIpc) is 3.05. The van der Waals surface area contributed by atoms with Crippen molar-refractivity contribution in [3.8, 4) is 0 Å². The first-order valence-electron chi connectivity index (χ1n) is 16.5. The van der Waals surface area contributed by atoms with E-state index in [4.69, 9.17) is 48.8 Å². The summed E-state index contributed by atoms with van der Waals surface area (Å²) in [6.45, 7) is 1.79. The number of carboxylic acids is 3. The Morgan fingerprint density at radius 1 is 0.327 bits per heavy atom. The maximum absolute atomic E-state index is 11.7. The number of hydrogen-bond donors (Lipinski definition) is 4. The molecule has 0 fully saturated rings. The minimum Gasteiger partial charge on any atom is -0.481 e. The van der Waals surface area contributed by atoms with Gasteiger partial charge in [0.05, 0.1) is 65.3 Å². The Morgan fingerprint density at radius 2 is 0.653 bits per heavy atom. The molecule has 0 aromatic heterocycles. The zero-order chi connectivity index (χ0) is 37.0. The largest absolute Gasteiger partial charge is 0.481 e. The number of aliphatic hydroxyl groups excluding tert-OH is 1. The number of aliphatic carboxylic acids is 3. The number of ether oxygens (including phenoxy) is 6. The molecular formula is C32H54O17. The van der Waals surface area contributed by atoms with E-state index in [1.54, 1.807) is 0 Å². The van der Waals surface area contributed by atoms with Crippen LogP contribution in [0.4, 0.5) is 0 Å². The predicted molar refractivity (Wildman–Crippen MR) is 169 cm³/mol. The summed E-state index contributed by atoms with van der Waals surface area (Å²) >= 11 is 0. The van der Waals surface area contributed by atoms with E-state index in [1.807, 2.05) is 0 Å². The molecule has 0 atom stereocenters. The van der Waals surface area contributed by atoms with E-state index >= 15 is 0 Å². The lowest BCUT2D eigenvalue weighted by Crippen LogP contribution is -2.15. The molecule has 0 spiro atoms. The van der Waals surface area contributed by atoms with Gasteiger partial charge < -0.3 is 48.8 Å². The Kier molecular flexibility index (Phi) is 34.2. The third-order valence-electron chi connectivity index (χ3n) is 6.06. The summed E-state index contributed by atoms with van der Waals surface area (Å²) in [4.78, 5) is 76.4. The highest BCUT2D eigenvalue weighted by atomic mass is 16.6. The van der Waals surface area contributed by atoms with Gasteiger partial charge in [-0.3, -0.25) is 33.6 Å². The van der Waals surface area contributed by atoms with Crippen LogP contribution in [0.2, 0.25) is 0 Å². The Labute approximate surface area is 286 Å². The molecule has 0 saturated heterocycles. The van der Waals surface area contributed by atoms with Gasteiger partial charge in [0.25, 0.3) is 0 Å². The highest BCUT2D eigenvalue weighted by Crippen LogP contribution is 2.04. The van der Waals surface area contributed by atoms with Crippen LogP contribution in [0.3, 0.4) is 0 Å². The second-order valence-electron chi connectivity index (χ2n) is 10.4. The fraction of sp³-hybridized carbons (Fsp3) is 0.781. The first-order valence-corrected chi connectivity index (χ1v) is 16.5. The van der Waals surface area contributed by atoms with Gasteiger partial charge in [0.1, 0.15) is 13.2 Å². The van der Waals surface area contributed by atoms with Crippen molar-refractivity contribution >= 4 is 41.8 Å². The summed E-state index contributed by atoms with van der Waals surface area (Å²) in [6.07, 6.45) is 5.73. The number of aliphatic hydroxyl groups is 1. The maximum atomic E-state index is 11.7. The summed E-state index contributed by atoms with van der Waals surface area (Å²) in [6, 6.07) is 0. The van der Waals surface area contributed by atoms with Gasteiger partial charge in [-0.1, -0.05) is 6.42 Å². The zero-order valence-corrected chi connectivity index (χ0v) is 28.3. The minimum absolute atomic E-state index is 0.116. The average molecular weight is 711 g/mol. The quantitative estimate of drug-likeness (QED) is 0.0444. The van der Waals surface area contributed by atoms with Crippen LogP contribution in [-0.2, 0) is 62.0 Å². The second-order valence-corrected chi connectivity index (χ2v) is 10.4. The van der Waals surface area contributed by atoms with E-state index in [0.717, 1.165) is 6.42 Å². The van der Waals surface area contributed by atoms with Gasteiger partial charge in [0, 0.05) is 25.9 Å². The molecule has 17 heteroatoms. The van der Waals surface area contributed by atoms with Gasteiger partial charge in [-0.2, -0.15) is 0 Å². The van der Waals surface area contributed by atoms with E-state index in [2.05, 4.69) is 0 Å². The highest BCUT2D eigenvalue weighted by Gasteiger charge is 2.08. The molecule has 0 amide bonds. The van der Waals surface area contributed by atoms with Crippen molar-refractivity contribution in [2.75, 3.05) is 59.5 Å². The Morgan fingerprint density at radius 3 is 1.04 bits per heavy atom. The summed E-state index contributed by atoms with van der Waals surface area (Å²) < 4.78 is 30.5. The molecule has 4 N–H and O–H groups in total. The molecule has 0 aliphatic heterocycles. The van der Waals surface area contributed by atoms with Gasteiger partial charge in [-0.05, 0) is 51.4 Å². The van der Waals surface area contributed by atoms with Crippen LogP contribution in [0, 0.1) is 0 Å². The van der Waals surface area contributed by atoms with Gasteiger partial charge >= 0.3 is 41.8 Å². The van der Waals surface area contributed by atoms with Crippen molar-refractivity contribution in [3.05, 3.63) is 0 Å². The molecule has 17 nitrogen and oxygen atoms in total. The molecule has 0 bridgehead atoms. The number of hydrogen-bond acceptors (Lipinski definition) is 14. The lowest BCUT2D eigenvalue weighted by atomic mass is 10.2. The van der Waals surface area contributed by atoms with Gasteiger partial charge in [0.2, 0.25) is 0 Å². The lowest BCUT2D eigenvalue weighted by molar-refractivity contribution is -0.148. The molecular weight excluding hydrogens is 656 g/mol. The number of unbranched alkanes of at least 4 members (excludes halogenated alkanes) is 6. The van der Waals surface area contributed by atoms with Crippen molar-refractivity contribution in [1.82, 2.24) is 0 Å². The Hall–Kier alpha value is -3.83. The predicted octanol–water partition coefficient (Wildman–Crippen LogP) is 2.67. The second kappa shape index (κ2) is 35.5. The number of carboxylic acid groups (broad SMARTS) is 3. The highest BCUT2D eigenvalue weighted by molar-refractivity contribution is 5.77. The number of esters is 4. The van der Waals surface area contributed by atoms with Gasteiger partial charge in [-0.25, -0.2) is 0 Å². The van der Waals surface area contributed by atoms with E-state index in [0.29, 0.717) is 51.4 Å². The van der Waals surface area contributed by atoms with Gasteiger partial charge in [0.15, 0.2) is 0 Å². The monoisotopic (exact) mass is 710 g/mol. The van der Waals surface area contributed by atoms with Gasteiger partial charge in [-0.15, -0.1) is 0 Å². The SMILES string of the molecule is O=C(O)CCC(=O)OCCCCCC(=O)OCCOCCOCCOC(=O)CCCCCOC(=O)CCC(=O)O.O=C(O)CCCCCO. The third-order valence-corrected chi connectivity index (χ3v) is 6.06. The molecule has 0 radical (unpaired) electrons. The first kappa shape index (κ1) is 47.3. The lowest BCUT2D eigenvalue weighted by Gasteiger charge is -2.08. The maximum Gasteiger partial charge on any atom is 0.306 e. The van der Waals surface area contributed by atoms with E-state index in [1.165, 1.54) is 0 Å². The van der Waals surface area contributed by atoms with Crippen LogP contribution in [0.15, 0.2) is 0 Å². The van der Waals surface area contributed by atoms with Crippen LogP contribution < -0.4 is 0 Å². The van der Waals surface area contributed by atoms with Crippen LogP contribution >= 0.6 is 0 Å². The number of rotatable bonds is 32. The van der Waals surface area contributed by atoms with Crippen molar-refractivity contribution in [2.24, 2.45) is 0 Å². The molecule has 0 aliphatic carbocycles. The van der Waals surface area contributed by atoms with Crippen molar-refractivity contribution in [1.29, 1.82) is 0 Å². The Bertz CT molecular complexity index is 859. The fourth-order valence-corrected chi connectivity index (χ4v) is 3.49. The summed E-state index contributed by atoms with van der Waals surface area (Å²) in [5.74, 6) is -4.66. The number of carbonyl (C=O) groups is 7. The molecule has 0 aromatic carbocycles. The van der Waals surface area contributed by atoms with E-state index in [-0.39, 0.29) is 116 Å². The Balaban J connectivity index is 0. The van der Waals surface area contributed by atoms with E-state index < -0.39 is 29.8 Å². The van der Waals surface area contributed by atoms with Crippen LogP contribution in [-0.4, -0.2) is 122 Å². The summed E-state index contributed by atoms with van der Waals surface area (Å²) in [7, 11) is 0. The first-order chi connectivity index (χ1) is 23.5. The topological polar surface area (TPSA) is 256 Å². The van der Waals surface area contributed by atoms with Crippen LogP contribution in [0.5, 0.6) is 0 Å². The third kappa shape index (κ3) is 42.1. The number of carbonyl (C=O) groups excluding carboxylic acids is 4. The molecule has 49 heavy (non-hydrogen) atoms. The minimum atomic E-state index is -1.05. The summed E-state index contributed by atoms with van der Waals surface area (Å²) in [5.41, 5.74) is 0. The zero-order valence-electron chi connectivity index (χ0n) is 28.3. The molecule has 0 unspecified atom stereocenters. The molecule has 0 saturated carbocycles. The van der Waals surface area contributed by atoms with E-state index in [9.17, 15) is 33.6 Å². The molecule has 0 heterocycles. The van der Waals surface area contributed by atoms with Crippen LogP contribution in [0.1, 0.15) is 103 Å². The fourth-order valence-electron chi connectivity index (χ4n) is 3.49. The normalized spacial score (nSPS) is 10.3. The smallest absolute Gasteiger partial charge is 0.306 e. The molecule has 0 aliphatic rings. The molecule has 284 valence electrons. The standard InChI is InChI=1S/C26H42O14.C6H12O3/c27-21(28)9-11-25(33)37-13-5-1-3-7-23(31)39-19-17-35-15-16-36-18-20-40-24(32)8-4-2-6-14-38-26(34)12-10-22(29)30;7-5-3-1-2-4-6(8)9/h1-20H2,(H,27,28)(H,29,30);7H,1-5H2,(H,8,9). The van der Waals surface area contributed by atoms with Crippen LogP contribution in [0.25, 0.3) is 0 Å². The van der Waals surface area contributed by atoms with Crippen molar-refractivity contribution in [3.63, 3.8) is 0 Å². The van der Waals surface area contributed by atoms with Crippen molar-refractivity contribution < 1.29 is 82.4 Å². The molecule has 0 aromatic rings. The van der Waals surface area contributed by atoms with Crippen molar-refractivity contribution in [2.45, 2.75) is 103 Å². The summed E-state index contributed by atoms with van der Waals surface area (Å²) in [5, 5.41) is 33.4.